The van der Waals surface area contributed by atoms with Crippen molar-refractivity contribution < 1.29 is 79.9 Å². The minimum Gasteiger partial charge on any atom is -0.496 e. The molecule has 2 aliphatic carbocycles. The number of amides is 1. The molecule has 59 heavy (non-hydrogen) atoms. The Morgan fingerprint density at radius 2 is 1.02 bits per heavy atom. The van der Waals surface area contributed by atoms with Gasteiger partial charge in [-0.15, -0.1) is 0 Å². The number of Topliss-reactive ketones (excluding diaryl/α,β-unsaturated/α-hetero) is 2. The number of halogens is 2. The number of methoxy groups -OCH3 is 6. The van der Waals surface area contributed by atoms with Crippen LogP contribution in [0.2, 0.25) is 10.0 Å². The number of carbonyl (C=O) groups is 5. The summed E-state index contributed by atoms with van der Waals surface area (Å²) in [6, 6.07) is 3.08. The minimum atomic E-state index is -3.85. The van der Waals surface area contributed by atoms with E-state index in [0.717, 1.165) is 6.08 Å². The number of ether oxygens (including phenoxy) is 8. The topological polar surface area (TPSA) is 246 Å². The standard InChI is InChI=1S/2C17H17ClO6.C4H5NO4S.H2O/c2*1-8-5-9(19)6-12(23-4)17(8)16(20)13-10(21-2)7-11(22-3)14(18)15(13)24-17;1-3-2-4(6)5-10(7,8)9-3;/h2*6-8H,5H2,1-4H3;2H,1H3,(H,5,6);1H2/t2*8-,17+;;/m11../s1. The molecule has 320 valence electrons. The van der Waals surface area contributed by atoms with Crippen molar-refractivity contribution in [1.29, 1.82) is 0 Å². The summed E-state index contributed by atoms with van der Waals surface area (Å²) < 4.78 is 70.6. The zero-order valence-electron chi connectivity index (χ0n) is 33.2. The van der Waals surface area contributed by atoms with E-state index in [4.69, 9.17) is 61.1 Å². The van der Waals surface area contributed by atoms with Crippen LogP contribution in [-0.4, -0.2) is 96.8 Å². The summed E-state index contributed by atoms with van der Waals surface area (Å²) in [5.41, 5.74) is -2.39. The maximum absolute atomic E-state index is 13.3. The number of carbonyl (C=O) groups excluding carboxylic acids is 5. The molecular formula is C38H41Cl2NO17S. The molecule has 0 saturated carbocycles. The Morgan fingerprint density at radius 3 is 1.32 bits per heavy atom. The smallest absolute Gasteiger partial charge is 0.409 e. The molecule has 4 atom stereocenters. The Morgan fingerprint density at radius 1 is 0.644 bits per heavy atom. The maximum Gasteiger partial charge on any atom is 0.409 e. The van der Waals surface area contributed by atoms with Gasteiger partial charge in [-0.3, -0.25) is 24.0 Å². The van der Waals surface area contributed by atoms with E-state index in [-0.39, 0.29) is 91.4 Å². The van der Waals surface area contributed by atoms with E-state index < -0.39 is 39.2 Å². The van der Waals surface area contributed by atoms with Crippen molar-refractivity contribution >= 4 is 62.5 Å². The van der Waals surface area contributed by atoms with Gasteiger partial charge >= 0.3 is 10.3 Å². The van der Waals surface area contributed by atoms with Gasteiger partial charge in [0.15, 0.2) is 34.6 Å². The highest BCUT2D eigenvalue weighted by Crippen LogP contribution is 2.56. The molecule has 3 N–H and O–H groups in total. The SMILES string of the molecule is CC1=CC(=O)NS(=O)(=O)O1.COC1=CC(=O)C[C@@H](C)[C@]12Oc1c(Cl)c(OC)cc(OC)c1C2=O.COC1=CC(=O)C[C@@H](C)[C@]12Oc1c(Cl)c(OC)cc(OC)c1C2=O.O. The molecular weight excluding hydrogens is 845 g/mol. The van der Waals surface area contributed by atoms with Crippen LogP contribution in [-0.2, 0) is 38.3 Å². The molecule has 18 nitrogen and oxygen atoms in total. The van der Waals surface area contributed by atoms with Gasteiger partial charge < -0.3 is 47.6 Å². The second kappa shape index (κ2) is 17.4. The van der Waals surface area contributed by atoms with Gasteiger partial charge in [-0.1, -0.05) is 37.0 Å². The van der Waals surface area contributed by atoms with Crippen molar-refractivity contribution in [3.63, 3.8) is 0 Å². The number of nitrogens with one attached hydrogen (secondary N) is 1. The molecule has 0 fully saturated rings. The normalized spacial score (nSPS) is 24.3. The molecule has 21 heteroatoms. The van der Waals surface area contributed by atoms with Gasteiger partial charge in [-0.2, -0.15) is 8.42 Å². The summed E-state index contributed by atoms with van der Waals surface area (Å²) in [6.45, 7) is 4.92. The van der Waals surface area contributed by atoms with Crippen LogP contribution in [0, 0.1) is 11.8 Å². The quantitative estimate of drug-likeness (QED) is 0.429. The van der Waals surface area contributed by atoms with Crippen molar-refractivity contribution in [2.75, 3.05) is 42.7 Å². The largest absolute Gasteiger partial charge is 0.496 e. The van der Waals surface area contributed by atoms with Gasteiger partial charge in [0, 0.05) is 55.0 Å². The van der Waals surface area contributed by atoms with Crippen LogP contribution in [0.5, 0.6) is 34.5 Å². The Kier molecular flexibility index (Phi) is 13.6. The third-order valence-corrected chi connectivity index (χ3v) is 11.4. The summed E-state index contributed by atoms with van der Waals surface area (Å²) in [7, 11) is 4.77. The maximum atomic E-state index is 13.3. The fourth-order valence-electron chi connectivity index (χ4n) is 7.15. The zero-order chi connectivity index (χ0) is 43.1. The number of rotatable bonds is 6. The predicted molar refractivity (Wildman–Crippen MR) is 208 cm³/mol. The van der Waals surface area contributed by atoms with Gasteiger partial charge in [0.05, 0.1) is 42.7 Å². The van der Waals surface area contributed by atoms with E-state index in [1.807, 2.05) is 0 Å². The predicted octanol–water partition coefficient (Wildman–Crippen LogP) is 4.08. The fraction of sp³-hybridized carbons (Fsp3) is 0.395. The second-order valence-electron chi connectivity index (χ2n) is 13.3. The van der Waals surface area contributed by atoms with Gasteiger partial charge in [-0.25, -0.2) is 4.72 Å². The van der Waals surface area contributed by atoms with Crippen molar-refractivity contribution in [1.82, 2.24) is 4.72 Å². The van der Waals surface area contributed by atoms with E-state index in [1.165, 1.54) is 73.9 Å². The van der Waals surface area contributed by atoms with Crippen molar-refractivity contribution in [2.45, 2.75) is 44.8 Å². The molecule has 5 aliphatic rings. The van der Waals surface area contributed by atoms with Gasteiger partial charge in [0.1, 0.15) is 49.9 Å². The Hall–Kier alpha value is -5.50. The molecule has 0 aromatic heterocycles. The lowest BCUT2D eigenvalue weighted by molar-refractivity contribution is -0.119. The highest BCUT2D eigenvalue weighted by molar-refractivity contribution is 7.85. The van der Waals surface area contributed by atoms with Crippen molar-refractivity contribution in [3.8, 4) is 34.5 Å². The molecule has 0 unspecified atom stereocenters. The molecule has 2 aromatic carbocycles. The van der Waals surface area contributed by atoms with Crippen LogP contribution in [0.15, 0.2) is 47.6 Å². The highest BCUT2D eigenvalue weighted by Gasteiger charge is 2.61. The first-order chi connectivity index (χ1) is 27.3. The number of hydrogen-bond acceptors (Lipinski definition) is 16. The van der Waals surface area contributed by atoms with E-state index >= 15 is 0 Å². The lowest BCUT2D eigenvalue weighted by Crippen LogP contribution is -2.51. The third kappa shape index (κ3) is 7.86. The van der Waals surface area contributed by atoms with Crippen LogP contribution >= 0.6 is 23.2 Å². The minimum absolute atomic E-state index is 0. The van der Waals surface area contributed by atoms with Crippen LogP contribution in [0.3, 0.4) is 0 Å². The van der Waals surface area contributed by atoms with Crippen molar-refractivity contribution in [2.24, 2.45) is 11.8 Å². The molecule has 0 saturated heterocycles. The first-order valence-corrected chi connectivity index (χ1v) is 19.4. The summed E-state index contributed by atoms with van der Waals surface area (Å²) in [4.78, 5) is 60.7. The first-order valence-electron chi connectivity index (χ1n) is 17.2. The Balaban J connectivity index is 0.000000210. The lowest BCUT2D eigenvalue weighted by atomic mass is 9.75. The van der Waals surface area contributed by atoms with Gasteiger partial charge in [-0.05, 0) is 6.92 Å². The second-order valence-corrected chi connectivity index (χ2v) is 15.3. The molecule has 0 radical (unpaired) electrons. The molecule has 7 rings (SSSR count). The van der Waals surface area contributed by atoms with Gasteiger partial charge in [0.2, 0.25) is 22.8 Å². The Bertz CT molecular complexity index is 2190. The summed E-state index contributed by atoms with van der Waals surface area (Å²) >= 11 is 12.7. The monoisotopic (exact) mass is 885 g/mol. The summed E-state index contributed by atoms with van der Waals surface area (Å²) in [6.07, 6.45) is 4.01. The van der Waals surface area contributed by atoms with Crippen LogP contribution in [0.4, 0.5) is 0 Å². The van der Waals surface area contributed by atoms with Gasteiger partial charge in [0.25, 0.3) is 5.91 Å². The molecule has 2 spiro atoms. The first kappa shape index (κ1) is 46.2. The summed E-state index contributed by atoms with van der Waals surface area (Å²) in [5, 5.41) is 0.358. The molecule has 3 aliphatic heterocycles. The molecule has 0 bridgehead atoms. The highest BCUT2D eigenvalue weighted by atomic mass is 35.5. The summed E-state index contributed by atoms with van der Waals surface area (Å²) in [5.74, 6) is -0.390. The molecule has 3 heterocycles. The molecule has 1 amide bonds. The number of fused-ring (bicyclic) bond motifs is 2. The van der Waals surface area contributed by atoms with E-state index in [1.54, 1.807) is 18.6 Å². The van der Waals surface area contributed by atoms with E-state index in [9.17, 15) is 32.4 Å². The van der Waals surface area contributed by atoms with Crippen LogP contribution < -0.4 is 33.1 Å². The van der Waals surface area contributed by atoms with E-state index in [0.29, 0.717) is 23.0 Å². The van der Waals surface area contributed by atoms with Crippen LogP contribution in [0.25, 0.3) is 0 Å². The zero-order valence-corrected chi connectivity index (χ0v) is 35.5. The fourth-order valence-corrected chi connectivity index (χ4v) is 8.42. The number of ketones is 4. The van der Waals surface area contributed by atoms with Crippen molar-refractivity contribution in [3.05, 3.63) is 68.8 Å². The van der Waals surface area contributed by atoms with Crippen LogP contribution in [0.1, 0.15) is 54.3 Å². The number of hydrogen-bond donors (Lipinski definition) is 1. The third-order valence-electron chi connectivity index (χ3n) is 9.80. The number of benzene rings is 2. The number of allylic oxidation sites excluding steroid dienone is 3. The lowest BCUT2D eigenvalue weighted by Gasteiger charge is -2.36. The average Bonchev–Trinajstić information content (AvgIpc) is 3.65. The Labute approximate surface area is 348 Å². The average molecular weight is 887 g/mol. The van der Waals surface area contributed by atoms with E-state index in [2.05, 4.69) is 4.18 Å². The molecule has 2 aromatic rings.